The maximum absolute atomic E-state index is 12.7. The molecule has 0 aliphatic carbocycles. The van der Waals surface area contributed by atoms with Gasteiger partial charge in [0, 0.05) is 22.1 Å². The Morgan fingerprint density at radius 1 is 1.32 bits per heavy atom. The summed E-state index contributed by atoms with van der Waals surface area (Å²) in [5.41, 5.74) is 1.95. The molecular weight excluding hydrogens is 396 g/mol. The zero-order valence-electron chi connectivity index (χ0n) is 13.1. The van der Waals surface area contributed by atoms with E-state index >= 15 is 0 Å². The van der Waals surface area contributed by atoms with Crippen LogP contribution < -0.4 is 10.1 Å². The van der Waals surface area contributed by atoms with Crippen LogP contribution >= 0.6 is 15.9 Å². The minimum atomic E-state index is -2.69. The minimum Gasteiger partial charge on any atom is -0.496 e. The molecule has 0 bridgehead atoms. The number of aromatic amines is 1. The second-order valence-corrected chi connectivity index (χ2v) is 6.21. The molecule has 25 heavy (non-hydrogen) atoms. The Kier molecular flexibility index (Phi) is 4.98. The first-order valence-electron chi connectivity index (χ1n) is 7.36. The summed E-state index contributed by atoms with van der Waals surface area (Å²) in [7, 11) is 1.56. The molecular formula is C17H14BrF2N3O2. The Hall–Kier alpha value is -2.48. The fraction of sp³-hybridized carbons (Fsp3) is 0.176. The van der Waals surface area contributed by atoms with E-state index in [1.807, 2.05) is 12.1 Å². The van der Waals surface area contributed by atoms with E-state index in [2.05, 4.69) is 31.2 Å². The van der Waals surface area contributed by atoms with Crippen molar-refractivity contribution in [1.82, 2.24) is 15.3 Å². The second kappa shape index (κ2) is 7.18. The van der Waals surface area contributed by atoms with Gasteiger partial charge in [0.05, 0.1) is 18.1 Å². The smallest absolute Gasteiger partial charge is 0.295 e. The molecule has 5 nitrogen and oxygen atoms in total. The van der Waals surface area contributed by atoms with Gasteiger partial charge in [-0.05, 0) is 36.4 Å². The molecule has 8 heteroatoms. The Balaban J connectivity index is 1.77. The number of aromatic nitrogens is 2. The number of carbonyl (C=O) groups excluding carboxylic acids is 1. The van der Waals surface area contributed by atoms with Crippen LogP contribution in [0.2, 0.25) is 0 Å². The molecule has 0 aliphatic rings. The van der Waals surface area contributed by atoms with Crippen LogP contribution in [0, 0.1) is 0 Å². The van der Waals surface area contributed by atoms with Gasteiger partial charge in [-0.1, -0.05) is 15.9 Å². The Labute approximate surface area is 150 Å². The molecule has 3 aromatic rings. The zero-order chi connectivity index (χ0) is 18.0. The molecule has 1 heterocycles. The molecule has 2 aromatic carbocycles. The monoisotopic (exact) mass is 409 g/mol. The quantitative estimate of drug-likeness (QED) is 0.663. The van der Waals surface area contributed by atoms with Gasteiger partial charge >= 0.3 is 0 Å². The van der Waals surface area contributed by atoms with Crippen molar-refractivity contribution in [2.75, 3.05) is 7.11 Å². The number of H-pyrrole nitrogens is 1. The number of amides is 1. The molecule has 0 saturated heterocycles. The number of imidazole rings is 1. The number of nitrogens with zero attached hydrogens (tertiary/aromatic N) is 1. The predicted octanol–water partition coefficient (Wildman–Crippen LogP) is 4.20. The number of benzene rings is 2. The maximum atomic E-state index is 12.7. The van der Waals surface area contributed by atoms with Crippen molar-refractivity contribution in [1.29, 1.82) is 0 Å². The Bertz CT molecular complexity index is 927. The molecule has 0 fully saturated rings. The Morgan fingerprint density at radius 2 is 2.12 bits per heavy atom. The highest BCUT2D eigenvalue weighted by Crippen LogP contribution is 2.23. The lowest BCUT2D eigenvalue weighted by Crippen LogP contribution is -2.23. The van der Waals surface area contributed by atoms with Crippen LogP contribution in [-0.2, 0) is 6.54 Å². The maximum Gasteiger partial charge on any atom is 0.295 e. The number of carbonyl (C=O) groups is 1. The number of ether oxygens (including phenoxy) is 1. The third-order valence-electron chi connectivity index (χ3n) is 3.65. The van der Waals surface area contributed by atoms with Gasteiger partial charge in [-0.3, -0.25) is 4.79 Å². The zero-order valence-corrected chi connectivity index (χ0v) is 14.7. The molecule has 0 unspecified atom stereocenters. The van der Waals surface area contributed by atoms with Crippen molar-refractivity contribution in [2.24, 2.45) is 0 Å². The van der Waals surface area contributed by atoms with E-state index in [1.54, 1.807) is 19.2 Å². The summed E-state index contributed by atoms with van der Waals surface area (Å²) >= 11 is 3.38. The SMILES string of the molecule is COc1ccc(Br)cc1CNC(=O)c1ccc2nc(C(F)F)[nH]c2c1. The number of fused-ring (bicyclic) bond motifs is 1. The molecule has 130 valence electrons. The average Bonchev–Trinajstić information content (AvgIpc) is 3.03. The second-order valence-electron chi connectivity index (χ2n) is 5.29. The lowest BCUT2D eigenvalue weighted by atomic mass is 10.1. The first-order valence-corrected chi connectivity index (χ1v) is 8.15. The van der Waals surface area contributed by atoms with Crippen LogP contribution in [0.15, 0.2) is 40.9 Å². The lowest BCUT2D eigenvalue weighted by molar-refractivity contribution is 0.0950. The van der Waals surface area contributed by atoms with Crippen LogP contribution in [0.1, 0.15) is 28.2 Å². The van der Waals surface area contributed by atoms with Crippen molar-refractivity contribution in [2.45, 2.75) is 13.0 Å². The third kappa shape index (κ3) is 3.79. The normalized spacial score (nSPS) is 11.1. The topological polar surface area (TPSA) is 67.0 Å². The summed E-state index contributed by atoms with van der Waals surface area (Å²) in [6, 6.07) is 10.1. The number of methoxy groups -OCH3 is 1. The third-order valence-corrected chi connectivity index (χ3v) is 4.14. The van der Waals surface area contributed by atoms with E-state index < -0.39 is 12.2 Å². The molecule has 1 aromatic heterocycles. The van der Waals surface area contributed by atoms with E-state index in [0.717, 1.165) is 10.0 Å². The van der Waals surface area contributed by atoms with Crippen LogP contribution in [0.25, 0.3) is 11.0 Å². The summed E-state index contributed by atoms with van der Waals surface area (Å²) in [6.07, 6.45) is -2.69. The van der Waals surface area contributed by atoms with Gasteiger partial charge in [-0.2, -0.15) is 0 Å². The number of hydrogen-bond acceptors (Lipinski definition) is 3. The van der Waals surface area contributed by atoms with E-state index in [4.69, 9.17) is 4.74 Å². The van der Waals surface area contributed by atoms with Crippen LogP contribution in [0.5, 0.6) is 5.75 Å². The molecule has 3 rings (SSSR count). The number of halogens is 3. The van der Waals surface area contributed by atoms with Crippen molar-refractivity contribution < 1.29 is 18.3 Å². The molecule has 2 N–H and O–H groups in total. The summed E-state index contributed by atoms with van der Waals surface area (Å²) < 4.78 is 31.5. The number of alkyl halides is 2. The Morgan fingerprint density at radius 3 is 2.84 bits per heavy atom. The van der Waals surface area contributed by atoms with E-state index in [1.165, 1.54) is 12.1 Å². The highest BCUT2D eigenvalue weighted by molar-refractivity contribution is 9.10. The van der Waals surface area contributed by atoms with E-state index in [0.29, 0.717) is 22.3 Å². The first kappa shape index (κ1) is 17.3. The summed E-state index contributed by atoms with van der Waals surface area (Å²) in [4.78, 5) is 18.6. The predicted molar refractivity (Wildman–Crippen MR) is 92.9 cm³/mol. The molecule has 0 saturated carbocycles. The van der Waals surface area contributed by atoms with Gasteiger partial charge in [0.1, 0.15) is 5.75 Å². The van der Waals surface area contributed by atoms with Gasteiger partial charge in [0.15, 0.2) is 5.82 Å². The van der Waals surface area contributed by atoms with Crippen LogP contribution in [0.3, 0.4) is 0 Å². The van der Waals surface area contributed by atoms with Crippen molar-refractivity contribution in [3.05, 3.63) is 57.8 Å². The number of hydrogen-bond donors (Lipinski definition) is 2. The van der Waals surface area contributed by atoms with Gasteiger partial charge < -0.3 is 15.0 Å². The van der Waals surface area contributed by atoms with Crippen molar-refractivity contribution in [3.8, 4) is 5.75 Å². The van der Waals surface area contributed by atoms with Crippen LogP contribution in [-0.4, -0.2) is 23.0 Å². The highest BCUT2D eigenvalue weighted by atomic mass is 79.9. The summed E-state index contributed by atoms with van der Waals surface area (Å²) in [6.45, 7) is 0.269. The number of rotatable bonds is 5. The number of nitrogens with one attached hydrogen (secondary N) is 2. The fourth-order valence-corrected chi connectivity index (χ4v) is 2.85. The largest absolute Gasteiger partial charge is 0.496 e. The van der Waals surface area contributed by atoms with Crippen molar-refractivity contribution >= 4 is 32.9 Å². The molecule has 0 atom stereocenters. The van der Waals surface area contributed by atoms with Gasteiger partial charge in [0.2, 0.25) is 0 Å². The first-order chi connectivity index (χ1) is 12.0. The highest BCUT2D eigenvalue weighted by Gasteiger charge is 2.14. The van der Waals surface area contributed by atoms with E-state index in [-0.39, 0.29) is 12.5 Å². The minimum absolute atomic E-state index is 0.269. The average molecular weight is 410 g/mol. The van der Waals surface area contributed by atoms with Gasteiger partial charge in [-0.25, -0.2) is 13.8 Å². The lowest BCUT2D eigenvalue weighted by Gasteiger charge is -2.10. The molecule has 0 spiro atoms. The molecule has 1 amide bonds. The standard InChI is InChI=1S/C17H14BrF2N3O2/c1-25-14-5-3-11(18)6-10(14)8-21-17(24)9-2-4-12-13(7-9)23-16(22-12)15(19)20/h2-7,15H,8H2,1H3,(H,21,24)(H,22,23). The van der Waals surface area contributed by atoms with Gasteiger partial charge in [-0.15, -0.1) is 0 Å². The summed E-state index contributed by atoms with van der Waals surface area (Å²) in [5, 5.41) is 2.79. The molecule has 0 aliphatic heterocycles. The van der Waals surface area contributed by atoms with Crippen molar-refractivity contribution in [3.63, 3.8) is 0 Å². The van der Waals surface area contributed by atoms with Crippen LogP contribution in [0.4, 0.5) is 8.78 Å². The summed E-state index contributed by atoms with van der Waals surface area (Å²) in [5.74, 6) is -0.0716. The van der Waals surface area contributed by atoms with E-state index in [9.17, 15) is 13.6 Å². The molecule has 0 radical (unpaired) electrons. The fourth-order valence-electron chi connectivity index (χ4n) is 2.44. The van der Waals surface area contributed by atoms with Gasteiger partial charge in [0.25, 0.3) is 12.3 Å².